The summed E-state index contributed by atoms with van der Waals surface area (Å²) < 4.78 is 116. The lowest BCUT2D eigenvalue weighted by atomic mass is 9.91. The smallest absolute Gasteiger partial charge is 0.223 e. The highest BCUT2D eigenvalue weighted by Crippen LogP contribution is 2.48. The Hall–Kier alpha value is -2.36. The Labute approximate surface area is 167 Å². The van der Waals surface area contributed by atoms with Crippen molar-refractivity contribution in [3.8, 4) is 0 Å². The first-order chi connectivity index (χ1) is 13.8. The zero-order valence-corrected chi connectivity index (χ0v) is 16.0. The van der Waals surface area contributed by atoms with Crippen LogP contribution in [0.25, 0.3) is 0 Å². The zero-order valence-electron chi connectivity index (χ0n) is 15.1. The maximum atomic E-state index is 13.3. The van der Waals surface area contributed by atoms with Crippen molar-refractivity contribution in [2.45, 2.75) is 40.8 Å². The van der Waals surface area contributed by atoms with Crippen LogP contribution in [-0.2, 0) is 14.6 Å². The molecule has 0 aromatic heterocycles. The van der Waals surface area contributed by atoms with Crippen LogP contribution in [-0.4, -0.2) is 20.8 Å². The number of hydrogen-bond acceptors (Lipinski definition) is 2. The minimum atomic E-state index is -5.55. The third-order valence-electron chi connectivity index (χ3n) is 5.12. The second kappa shape index (κ2) is 7.40. The molecule has 162 valence electrons. The Morgan fingerprint density at radius 3 is 1.67 bits per heavy atom. The summed E-state index contributed by atoms with van der Waals surface area (Å²) in [5.41, 5.74) is -0.970. The van der Waals surface area contributed by atoms with Gasteiger partial charge in [-0.15, -0.1) is 0 Å². The van der Waals surface area contributed by atoms with Gasteiger partial charge in [0.05, 0.1) is 4.90 Å². The molecule has 0 spiro atoms. The topological polar surface area (TPSA) is 34.1 Å². The summed E-state index contributed by atoms with van der Waals surface area (Å²) >= 11 is 0. The van der Waals surface area contributed by atoms with E-state index in [0.29, 0.717) is 12.1 Å². The number of alkyl halides is 6. The van der Waals surface area contributed by atoms with Crippen molar-refractivity contribution in [3.05, 3.63) is 77.6 Å². The standard InChI is InChI=1S/C20H15F7O2S/c21-15-7-9-16(10-8-15)30(28,29)18(11-1-2-12-18)14-5-3-13(4-6-14)17(19(22,23)24)20(25,26)27/h1-10,17H,11-12H2. The molecule has 2 aromatic carbocycles. The predicted octanol–water partition coefficient (Wildman–Crippen LogP) is 6.05. The first-order valence-electron chi connectivity index (χ1n) is 8.68. The summed E-state index contributed by atoms with van der Waals surface area (Å²) in [6, 6.07) is 7.34. The minimum absolute atomic E-state index is 0.0198. The molecule has 2 aromatic rings. The van der Waals surface area contributed by atoms with E-state index in [0.717, 1.165) is 36.4 Å². The van der Waals surface area contributed by atoms with Crippen LogP contribution in [0.2, 0.25) is 0 Å². The molecular formula is C20H15F7O2S. The first kappa shape index (κ1) is 22.3. The summed E-state index contributed by atoms with van der Waals surface area (Å²) in [5, 5.41) is 0. The molecule has 0 amide bonds. The number of allylic oxidation sites excluding steroid dienone is 2. The van der Waals surface area contributed by atoms with E-state index in [1.54, 1.807) is 12.2 Å². The summed E-state index contributed by atoms with van der Waals surface area (Å²) in [6.45, 7) is 0. The van der Waals surface area contributed by atoms with Gasteiger partial charge in [0, 0.05) is 0 Å². The van der Waals surface area contributed by atoms with Crippen LogP contribution in [0.5, 0.6) is 0 Å². The molecule has 0 aliphatic heterocycles. The average Bonchev–Trinajstić information content (AvgIpc) is 3.12. The maximum absolute atomic E-state index is 13.3. The average molecular weight is 452 g/mol. The maximum Gasteiger partial charge on any atom is 0.404 e. The van der Waals surface area contributed by atoms with Crippen molar-refractivity contribution in [1.82, 2.24) is 0 Å². The highest BCUT2D eigenvalue weighted by Gasteiger charge is 2.57. The van der Waals surface area contributed by atoms with Gasteiger partial charge in [0.15, 0.2) is 15.8 Å². The largest absolute Gasteiger partial charge is 0.404 e. The zero-order chi connectivity index (χ0) is 22.4. The van der Waals surface area contributed by atoms with Crippen molar-refractivity contribution in [2.24, 2.45) is 0 Å². The number of hydrogen-bond donors (Lipinski definition) is 0. The molecule has 0 bridgehead atoms. The molecular weight excluding hydrogens is 437 g/mol. The molecule has 3 rings (SSSR count). The van der Waals surface area contributed by atoms with Crippen LogP contribution in [0.1, 0.15) is 29.9 Å². The molecule has 1 aliphatic rings. The summed E-state index contributed by atoms with van der Waals surface area (Å²) in [4.78, 5) is -0.194. The van der Waals surface area contributed by atoms with Gasteiger partial charge in [-0.1, -0.05) is 36.4 Å². The molecule has 0 N–H and O–H groups in total. The van der Waals surface area contributed by atoms with E-state index < -0.39 is 44.2 Å². The lowest BCUT2D eigenvalue weighted by molar-refractivity contribution is -0.253. The van der Waals surface area contributed by atoms with E-state index >= 15 is 0 Å². The van der Waals surface area contributed by atoms with Crippen molar-refractivity contribution >= 4 is 9.84 Å². The van der Waals surface area contributed by atoms with Gasteiger partial charge in [0.1, 0.15) is 10.6 Å². The minimum Gasteiger partial charge on any atom is -0.223 e. The molecule has 0 heterocycles. The Morgan fingerprint density at radius 1 is 0.767 bits per heavy atom. The molecule has 0 saturated carbocycles. The van der Waals surface area contributed by atoms with Crippen LogP contribution in [0.3, 0.4) is 0 Å². The van der Waals surface area contributed by atoms with Crippen LogP contribution < -0.4 is 0 Å². The number of sulfone groups is 1. The second-order valence-electron chi connectivity index (χ2n) is 6.97. The molecule has 0 atom stereocenters. The van der Waals surface area contributed by atoms with E-state index in [1.165, 1.54) is 0 Å². The highest BCUT2D eigenvalue weighted by atomic mass is 32.2. The SMILES string of the molecule is O=S(=O)(c1ccc(F)cc1)C1(c2ccc(C(C(F)(F)F)C(F)(F)F)cc2)CC=CC1. The summed E-state index contributed by atoms with van der Waals surface area (Å²) in [5.74, 6) is -4.33. The van der Waals surface area contributed by atoms with Gasteiger partial charge in [0.2, 0.25) is 0 Å². The molecule has 0 fully saturated rings. The number of benzene rings is 2. The Bertz CT molecular complexity index is 1010. The van der Waals surface area contributed by atoms with Gasteiger partial charge in [0.25, 0.3) is 0 Å². The lowest BCUT2D eigenvalue weighted by Gasteiger charge is -2.30. The monoisotopic (exact) mass is 452 g/mol. The molecule has 30 heavy (non-hydrogen) atoms. The van der Waals surface area contributed by atoms with Gasteiger partial charge in [-0.2, -0.15) is 26.3 Å². The fourth-order valence-electron chi connectivity index (χ4n) is 3.62. The van der Waals surface area contributed by atoms with E-state index in [1.807, 2.05) is 0 Å². The van der Waals surface area contributed by atoms with Gasteiger partial charge in [-0.05, 0) is 48.2 Å². The Kier molecular flexibility index (Phi) is 5.51. The van der Waals surface area contributed by atoms with E-state index in [9.17, 15) is 39.2 Å². The van der Waals surface area contributed by atoms with Crippen molar-refractivity contribution in [3.63, 3.8) is 0 Å². The van der Waals surface area contributed by atoms with Gasteiger partial charge < -0.3 is 0 Å². The Balaban J connectivity index is 2.07. The summed E-state index contributed by atoms with van der Waals surface area (Å²) in [7, 11) is -4.13. The van der Waals surface area contributed by atoms with Gasteiger partial charge >= 0.3 is 12.4 Å². The first-order valence-corrected chi connectivity index (χ1v) is 10.2. The van der Waals surface area contributed by atoms with Crippen molar-refractivity contribution in [1.29, 1.82) is 0 Å². The van der Waals surface area contributed by atoms with Crippen LogP contribution in [0.15, 0.2) is 65.6 Å². The number of halogens is 7. The van der Waals surface area contributed by atoms with E-state index in [4.69, 9.17) is 0 Å². The quantitative estimate of drug-likeness (QED) is 0.321. The molecule has 1 aliphatic carbocycles. The fourth-order valence-corrected chi connectivity index (χ4v) is 5.65. The number of rotatable bonds is 4. The van der Waals surface area contributed by atoms with Crippen molar-refractivity contribution in [2.75, 3.05) is 0 Å². The van der Waals surface area contributed by atoms with E-state index in [-0.39, 0.29) is 23.3 Å². The van der Waals surface area contributed by atoms with Gasteiger partial charge in [-0.3, -0.25) is 0 Å². The predicted molar refractivity (Wildman–Crippen MR) is 94.9 cm³/mol. The molecule has 0 unspecified atom stereocenters. The molecule has 2 nitrogen and oxygen atoms in total. The third kappa shape index (κ3) is 3.84. The second-order valence-corrected chi connectivity index (χ2v) is 9.23. The molecule has 0 radical (unpaired) electrons. The highest BCUT2D eigenvalue weighted by molar-refractivity contribution is 7.92. The third-order valence-corrected chi connectivity index (χ3v) is 7.62. The van der Waals surface area contributed by atoms with Crippen LogP contribution in [0.4, 0.5) is 30.7 Å². The molecule has 0 saturated heterocycles. The van der Waals surface area contributed by atoms with Crippen LogP contribution in [0, 0.1) is 5.82 Å². The van der Waals surface area contributed by atoms with Gasteiger partial charge in [-0.25, -0.2) is 12.8 Å². The molecule has 10 heteroatoms. The van der Waals surface area contributed by atoms with E-state index in [2.05, 4.69) is 0 Å². The summed E-state index contributed by atoms with van der Waals surface area (Å²) in [6.07, 6.45) is -7.99. The van der Waals surface area contributed by atoms with Crippen molar-refractivity contribution < 1.29 is 39.2 Å². The fraction of sp³-hybridized carbons (Fsp3) is 0.300. The lowest BCUT2D eigenvalue weighted by Crippen LogP contribution is -2.35. The Morgan fingerprint density at radius 2 is 1.23 bits per heavy atom. The van der Waals surface area contributed by atoms with Crippen LogP contribution >= 0.6 is 0 Å². The normalized spacial score (nSPS) is 16.9.